The minimum atomic E-state index is -3.59. The van der Waals surface area contributed by atoms with Gasteiger partial charge in [0.05, 0.1) is 21.0 Å². The molecule has 0 saturated carbocycles. The van der Waals surface area contributed by atoms with Crippen molar-refractivity contribution in [2.75, 3.05) is 13.2 Å². The maximum atomic E-state index is 12.2. The van der Waals surface area contributed by atoms with Gasteiger partial charge in [-0.05, 0) is 37.5 Å². The lowest BCUT2D eigenvalue weighted by Crippen LogP contribution is -2.32. The number of hydrogen-bond donors (Lipinski definition) is 1. The number of aryl methyl sites for hydroxylation is 1. The third kappa shape index (κ3) is 3.61. The molecule has 0 amide bonds. The molecule has 7 heteroatoms. The lowest BCUT2D eigenvalue weighted by atomic mass is 10.2. The summed E-state index contributed by atoms with van der Waals surface area (Å²) >= 11 is 11.7. The molecule has 1 N–H and O–H groups in total. The van der Waals surface area contributed by atoms with Crippen molar-refractivity contribution in [3.8, 4) is 0 Å². The number of nitrogens with one attached hydrogen (secondary N) is 1. The minimum absolute atomic E-state index is 0.0437. The van der Waals surface area contributed by atoms with Gasteiger partial charge in [-0.15, -0.1) is 0 Å². The Hall–Kier alpha value is -0.330. The van der Waals surface area contributed by atoms with Gasteiger partial charge in [0.1, 0.15) is 0 Å². The summed E-state index contributed by atoms with van der Waals surface area (Å²) in [6.45, 7) is 2.66. The van der Waals surface area contributed by atoms with Crippen molar-refractivity contribution in [1.29, 1.82) is 0 Å². The van der Waals surface area contributed by atoms with Gasteiger partial charge in [-0.25, -0.2) is 13.1 Å². The van der Waals surface area contributed by atoms with E-state index in [4.69, 9.17) is 27.9 Å². The highest BCUT2D eigenvalue weighted by Crippen LogP contribution is 2.28. The fourth-order valence-corrected chi connectivity index (χ4v) is 3.77. The van der Waals surface area contributed by atoms with E-state index in [-0.39, 0.29) is 22.6 Å². The molecule has 0 unspecified atom stereocenters. The SMILES string of the molecule is Cc1cc(Cl)c(Cl)cc1S(=O)(=O)NC[C@H]1CCCO1. The van der Waals surface area contributed by atoms with Crippen molar-refractivity contribution < 1.29 is 13.2 Å². The van der Waals surface area contributed by atoms with Crippen LogP contribution < -0.4 is 4.72 Å². The first kappa shape index (κ1) is 15.1. The summed E-state index contributed by atoms with van der Waals surface area (Å²) in [7, 11) is -3.59. The summed E-state index contributed by atoms with van der Waals surface area (Å²) in [5.41, 5.74) is 0.564. The van der Waals surface area contributed by atoms with Crippen LogP contribution in [0.4, 0.5) is 0 Å². The lowest BCUT2D eigenvalue weighted by Gasteiger charge is -2.13. The van der Waals surface area contributed by atoms with Gasteiger partial charge in [-0.2, -0.15) is 0 Å². The molecule has 4 nitrogen and oxygen atoms in total. The van der Waals surface area contributed by atoms with Gasteiger partial charge in [-0.1, -0.05) is 23.2 Å². The molecule has 1 fully saturated rings. The van der Waals surface area contributed by atoms with E-state index >= 15 is 0 Å². The molecule has 0 radical (unpaired) electrons. The zero-order chi connectivity index (χ0) is 14.0. The van der Waals surface area contributed by atoms with Gasteiger partial charge in [0.2, 0.25) is 10.0 Å². The van der Waals surface area contributed by atoms with Crippen LogP contribution in [0, 0.1) is 6.92 Å². The largest absolute Gasteiger partial charge is 0.377 e. The molecular weight excluding hydrogens is 309 g/mol. The molecular formula is C12H15Cl2NO3S. The third-order valence-corrected chi connectivity index (χ3v) is 5.32. The van der Waals surface area contributed by atoms with Crippen molar-refractivity contribution in [3.05, 3.63) is 27.7 Å². The highest BCUT2D eigenvalue weighted by Gasteiger charge is 2.22. The maximum Gasteiger partial charge on any atom is 0.240 e. The Labute approximate surface area is 123 Å². The number of rotatable bonds is 4. The second-order valence-corrected chi connectivity index (χ2v) is 7.07. The van der Waals surface area contributed by atoms with Crippen molar-refractivity contribution in [2.24, 2.45) is 0 Å². The molecule has 1 aliphatic rings. The molecule has 1 aromatic rings. The molecule has 0 aromatic heterocycles. The molecule has 106 valence electrons. The van der Waals surface area contributed by atoms with Crippen LogP contribution in [0.5, 0.6) is 0 Å². The first-order chi connectivity index (χ1) is 8.90. The van der Waals surface area contributed by atoms with Crippen LogP contribution in [0.25, 0.3) is 0 Å². The van der Waals surface area contributed by atoms with Crippen molar-refractivity contribution in [1.82, 2.24) is 4.72 Å². The number of halogens is 2. The maximum absolute atomic E-state index is 12.2. The van der Waals surface area contributed by atoms with Crippen LogP contribution in [-0.4, -0.2) is 27.7 Å². The summed E-state index contributed by atoms with van der Waals surface area (Å²) in [6, 6.07) is 2.92. The van der Waals surface area contributed by atoms with E-state index in [1.54, 1.807) is 13.0 Å². The molecule has 2 rings (SSSR count). The van der Waals surface area contributed by atoms with Crippen LogP contribution in [0.3, 0.4) is 0 Å². The molecule has 1 heterocycles. The van der Waals surface area contributed by atoms with Crippen molar-refractivity contribution >= 4 is 33.2 Å². The Morgan fingerprint density at radius 2 is 2.05 bits per heavy atom. The van der Waals surface area contributed by atoms with E-state index in [2.05, 4.69) is 4.72 Å². The summed E-state index contributed by atoms with van der Waals surface area (Å²) in [5, 5.41) is 0.571. The molecule has 0 aliphatic carbocycles. The summed E-state index contributed by atoms with van der Waals surface area (Å²) in [5.74, 6) is 0. The standard InChI is InChI=1S/C12H15Cl2NO3S/c1-8-5-10(13)11(14)6-12(8)19(16,17)15-7-9-3-2-4-18-9/h5-6,9,15H,2-4,7H2,1H3/t9-/m1/s1. The van der Waals surface area contributed by atoms with E-state index < -0.39 is 10.0 Å². The second-order valence-electron chi connectivity index (χ2n) is 4.52. The Balaban J connectivity index is 2.16. The highest BCUT2D eigenvalue weighted by atomic mass is 35.5. The van der Waals surface area contributed by atoms with Crippen LogP contribution in [-0.2, 0) is 14.8 Å². The summed E-state index contributed by atoms with van der Waals surface area (Å²) in [4.78, 5) is 0.153. The van der Waals surface area contributed by atoms with Crippen LogP contribution in [0.15, 0.2) is 17.0 Å². The molecule has 1 saturated heterocycles. The van der Waals surface area contributed by atoms with E-state index in [9.17, 15) is 8.42 Å². The second kappa shape index (κ2) is 5.97. The zero-order valence-electron chi connectivity index (χ0n) is 10.4. The molecule has 19 heavy (non-hydrogen) atoms. The fourth-order valence-electron chi connectivity index (χ4n) is 2.00. The highest BCUT2D eigenvalue weighted by molar-refractivity contribution is 7.89. The Bertz CT molecular complexity index is 569. The molecule has 1 aliphatic heterocycles. The average molecular weight is 324 g/mol. The van der Waals surface area contributed by atoms with Crippen molar-refractivity contribution in [2.45, 2.75) is 30.8 Å². The molecule has 1 aromatic carbocycles. The fraction of sp³-hybridized carbons (Fsp3) is 0.500. The summed E-state index contributed by atoms with van der Waals surface area (Å²) < 4.78 is 32.3. The Morgan fingerprint density at radius 3 is 2.68 bits per heavy atom. The Kier molecular flexibility index (Phi) is 4.74. The van der Waals surface area contributed by atoms with Crippen LogP contribution >= 0.6 is 23.2 Å². The third-order valence-electron chi connectivity index (χ3n) is 3.03. The summed E-state index contributed by atoms with van der Waals surface area (Å²) in [6.07, 6.45) is 1.80. The van der Waals surface area contributed by atoms with Gasteiger partial charge >= 0.3 is 0 Å². The number of hydrogen-bond acceptors (Lipinski definition) is 3. The van der Waals surface area contributed by atoms with Gasteiger partial charge < -0.3 is 4.74 Å². The monoisotopic (exact) mass is 323 g/mol. The first-order valence-corrected chi connectivity index (χ1v) is 8.21. The molecule has 0 spiro atoms. The van der Waals surface area contributed by atoms with Crippen molar-refractivity contribution in [3.63, 3.8) is 0 Å². The minimum Gasteiger partial charge on any atom is -0.377 e. The number of sulfonamides is 1. The quantitative estimate of drug-likeness (QED) is 0.926. The van der Waals surface area contributed by atoms with E-state index in [0.29, 0.717) is 17.2 Å². The molecule has 1 atom stereocenters. The van der Waals surface area contributed by atoms with E-state index in [1.165, 1.54) is 6.07 Å². The van der Waals surface area contributed by atoms with E-state index in [0.717, 1.165) is 12.8 Å². The van der Waals surface area contributed by atoms with Crippen LogP contribution in [0.1, 0.15) is 18.4 Å². The van der Waals surface area contributed by atoms with E-state index in [1.807, 2.05) is 0 Å². The first-order valence-electron chi connectivity index (χ1n) is 5.97. The van der Waals surface area contributed by atoms with Crippen LogP contribution in [0.2, 0.25) is 10.0 Å². The number of ether oxygens (including phenoxy) is 1. The lowest BCUT2D eigenvalue weighted by molar-refractivity contribution is 0.114. The van der Waals surface area contributed by atoms with Gasteiger partial charge in [0.25, 0.3) is 0 Å². The topological polar surface area (TPSA) is 55.4 Å². The molecule has 0 bridgehead atoms. The average Bonchev–Trinajstić information content (AvgIpc) is 2.84. The van der Waals surface area contributed by atoms with Gasteiger partial charge in [0, 0.05) is 13.2 Å². The smallest absolute Gasteiger partial charge is 0.240 e. The Morgan fingerprint density at radius 1 is 1.37 bits per heavy atom. The van der Waals surface area contributed by atoms with Gasteiger partial charge in [-0.3, -0.25) is 0 Å². The normalized spacial score (nSPS) is 19.8. The van der Waals surface area contributed by atoms with Gasteiger partial charge in [0.15, 0.2) is 0 Å². The zero-order valence-corrected chi connectivity index (χ0v) is 12.8. The predicted molar refractivity (Wildman–Crippen MR) is 75.4 cm³/mol. The predicted octanol–water partition coefficient (Wildman–Crippen LogP) is 2.76. The number of benzene rings is 1.